The summed E-state index contributed by atoms with van der Waals surface area (Å²) in [6.07, 6.45) is 0.200. The fourth-order valence-corrected chi connectivity index (χ4v) is 1.78. The number of ether oxygens (including phenoxy) is 1. The van der Waals surface area contributed by atoms with Gasteiger partial charge in [0, 0.05) is 18.1 Å². The molecule has 1 fully saturated rings. The van der Waals surface area contributed by atoms with Crippen molar-refractivity contribution in [3.8, 4) is 0 Å². The molecule has 0 unspecified atom stereocenters. The SMILES string of the molecule is CN1CCO[C@H](c2ccc(Cl)cc2)C1. The second-order valence-corrected chi connectivity index (χ2v) is 4.11. The molecule has 0 aromatic heterocycles. The molecule has 0 radical (unpaired) electrons. The van der Waals surface area contributed by atoms with Crippen molar-refractivity contribution in [2.45, 2.75) is 6.10 Å². The highest BCUT2D eigenvalue weighted by molar-refractivity contribution is 6.30. The molecule has 2 nitrogen and oxygen atoms in total. The third kappa shape index (κ3) is 2.27. The second-order valence-electron chi connectivity index (χ2n) is 3.67. The fourth-order valence-electron chi connectivity index (χ4n) is 1.66. The van der Waals surface area contributed by atoms with E-state index in [4.69, 9.17) is 16.3 Å². The highest BCUT2D eigenvalue weighted by Crippen LogP contribution is 2.22. The summed E-state index contributed by atoms with van der Waals surface area (Å²) in [7, 11) is 2.12. The Balaban J connectivity index is 2.10. The summed E-state index contributed by atoms with van der Waals surface area (Å²) in [5.41, 5.74) is 1.21. The van der Waals surface area contributed by atoms with Crippen LogP contribution < -0.4 is 0 Å². The number of likely N-dealkylation sites (N-methyl/N-ethyl adjacent to an activating group) is 1. The van der Waals surface area contributed by atoms with Gasteiger partial charge in [-0.3, -0.25) is 0 Å². The zero-order valence-electron chi connectivity index (χ0n) is 8.24. The first-order valence-electron chi connectivity index (χ1n) is 4.81. The van der Waals surface area contributed by atoms with Gasteiger partial charge in [0.15, 0.2) is 0 Å². The molecule has 3 heteroatoms. The second kappa shape index (κ2) is 4.30. The summed E-state index contributed by atoms with van der Waals surface area (Å²) >= 11 is 5.83. The number of benzene rings is 1. The molecule has 1 atom stereocenters. The van der Waals surface area contributed by atoms with Crippen molar-refractivity contribution in [3.63, 3.8) is 0 Å². The fraction of sp³-hybridized carbons (Fsp3) is 0.455. The van der Waals surface area contributed by atoms with Crippen LogP contribution in [0.3, 0.4) is 0 Å². The van der Waals surface area contributed by atoms with E-state index in [9.17, 15) is 0 Å². The van der Waals surface area contributed by atoms with Gasteiger partial charge in [-0.1, -0.05) is 23.7 Å². The van der Waals surface area contributed by atoms with Crippen molar-refractivity contribution in [1.82, 2.24) is 4.90 Å². The summed E-state index contributed by atoms with van der Waals surface area (Å²) in [6.45, 7) is 2.79. The van der Waals surface area contributed by atoms with Crippen LogP contribution in [0.1, 0.15) is 11.7 Å². The number of hydrogen-bond acceptors (Lipinski definition) is 2. The Kier molecular flexibility index (Phi) is 3.06. The maximum absolute atomic E-state index is 5.83. The van der Waals surface area contributed by atoms with Crippen molar-refractivity contribution in [2.75, 3.05) is 26.7 Å². The zero-order chi connectivity index (χ0) is 9.97. The Bertz CT molecular complexity index is 299. The van der Waals surface area contributed by atoms with Crippen LogP contribution in [0.15, 0.2) is 24.3 Å². The quantitative estimate of drug-likeness (QED) is 0.707. The monoisotopic (exact) mass is 211 g/mol. The maximum atomic E-state index is 5.83. The lowest BCUT2D eigenvalue weighted by atomic mass is 10.1. The molecule has 0 saturated carbocycles. The van der Waals surface area contributed by atoms with Gasteiger partial charge in [-0.25, -0.2) is 0 Å². The third-order valence-electron chi connectivity index (χ3n) is 2.51. The van der Waals surface area contributed by atoms with E-state index in [2.05, 4.69) is 11.9 Å². The topological polar surface area (TPSA) is 12.5 Å². The van der Waals surface area contributed by atoms with Crippen LogP contribution in [0.5, 0.6) is 0 Å². The first-order valence-corrected chi connectivity index (χ1v) is 5.19. The normalized spacial score (nSPS) is 23.7. The van der Waals surface area contributed by atoms with E-state index < -0.39 is 0 Å². The van der Waals surface area contributed by atoms with E-state index in [-0.39, 0.29) is 6.10 Å². The van der Waals surface area contributed by atoms with Crippen molar-refractivity contribution in [3.05, 3.63) is 34.9 Å². The van der Waals surface area contributed by atoms with Crippen LogP contribution in [0.2, 0.25) is 5.02 Å². The molecule has 1 aliphatic heterocycles. The number of hydrogen-bond donors (Lipinski definition) is 0. The molecule has 76 valence electrons. The van der Waals surface area contributed by atoms with Crippen LogP contribution >= 0.6 is 11.6 Å². The largest absolute Gasteiger partial charge is 0.371 e. The van der Waals surface area contributed by atoms with Crippen molar-refractivity contribution in [1.29, 1.82) is 0 Å². The molecule has 1 heterocycles. The number of nitrogens with zero attached hydrogens (tertiary/aromatic N) is 1. The van der Waals surface area contributed by atoms with Gasteiger partial charge in [-0.05, 0) is 24.7 Å². The Morgan fingerprint density at radius 3 is 2.71 bits per heavy atom. The summed E-state index contributed by atoms with van der Waals surface area (Å²) in [5, 5.41) is 0.776. The smallest absolute Gasteiger partial charge is 0.0952 e. The van der Waals surface area contributed by atoms with E-state index in [0.717, 1.165) is 24.7 Å². The molecule has 14 heavy (non-hydrogen) atoms. The zero-order valence-corrected chi connectivity index (χ0v) is 9.00. The molecule has 1 saturated heterocycles. The molecular weight excluding hydrogens is 198 g/mol. The van der Waals surface area contributed by atoms with Crippen molar-refractivity contribution < 1.29 is 4.74 Å². The molecule has 1 aliphatic rings. The first kappa shape index (κ1) is 9.97. The summed E-state index contributed by atoms with van der Waals surface area (Å²) in [6, 6.07) is 7.89. The van der Waals surface area contributed by atoms with Gasteiger partial charge in [-0.15, -0.1) is 0 Å². The molecular formula is C11H14ClNO. The minimum absolute atomic E-state index is 0.200. The van der Waals surface area contributed by atoms with Gasteiger partial charge in [0.2, 0.25) is 0 Å². The number of rotatable bonds is 1. The maximum Gasteiger partial charge on any atom is 0.0952 e. The molecule has 1 aromatic rings. The first-order chi connectivity index (χ1) is 6.75. The summed E-state index contributed by atoms with van der Waals surface area (Å²) in [4.78, 5) is 2.28. The van der Waals surface area contributed by atoms with Crippen molar-refractivity contribution in [2.24, 2.45) is 0 Å². The Morgan fingerprint density at radius 1 is 1.36 bits per heavy atom. The standard InChI is InChI=1S/C11H14ClNO/c1-13-6-7-14-11(8-13)9-2-4-10(12)5-3-9/h2-5,11H,6-8H2,1H3/t11-/m0/s1. The van der Waals surface area contributed by atoms with E-state index in [1.165, 1.54) is 5.56 Å². The molecule has 0 bridgehead atoms. The number of halogens is 1. The summed E-state index contributed by atoms with van der Waals surface area (Å²) < 4.78 is 5.69. The van der Waals surface area contributed by atoms with Gasteiger partial charge in [-0.2, -0.15) is 0 Å². The Morgan fingerprint density at radius 2 is 2.07 bits per heavy atom. The van der Waals surface area contributed by atoms with E-state index in [1.807, 2.05) is 24.3 Å². The van der Waals surface area contributed by atoms with Gasteiger partial charge in [0.1, 0.15) is 0 Å². The minimum atomic E-state index is 0.200. The van der Waals surface area contributed by atoms with E-state index >= 15 is 0 Å². The average molecular weight is 212 g/mol. The lowest BCUT2D eigenvalue weighted by Gasteiger charge is -2.30. The summed E-state index contributed by atoms with van der Waals surface area (Å²) in [5.74, 6) is 0. The predicted molar refractivity (Wildman–Crippen MR) is 57.6 cm³/mol. The predicted octanol–water partition coefficient (Wildman–Crippen LogP) is 2.34. The lowest BCUT2D eigenvalue weighted by molar-refractivity contribution is -0.0208. The van der Waals surface area contributed by atoms with Crippen molar-refractivity contribution >= 4 is 11.6 Å². The number of morpholine rings is 1. The van der Waals surface area contributed by atoms with Crippen LogP contribution in [0.4, 0.5) is 0 Å². The highest BCUT2D eigenvalue weighted by Gasteiger charge is 2.18. The van der Waals surface area contributed by atoms with Gasteiger partial charge >= 0.3 is 0 Å². The van der Waals surface area contributed by atoms with Crippen LogP contribution in [-0.2, 0) is 4.74 Å². The third-order valence-corrected chi connectivity index (χ3v) is 2.76. The minimum Gasteiger partial charge on any atom is -0.371 e. The lowest BCUT2D eigenvalue weighted by Crippen LogP contribution is -2.35. The molecule has 0 aliphatic carbocycles. The van der Waals surface area contributed by atoms with Gasteiger partial charge < -0.3 is 9.64 Å². The molecule has 0 amide bonds. The van der Waals surface area contributed by atoms with Crippen LogP contribution in [-0.4, -0.2) is 31.6 Å². The van der Waals surface area contributed by atoms with Crippen LogP contribution in [0.25, 0.3) is 0 Å². The van der Waals surface area contributed by atoms with Crippen LogP contribution in [0, 0.1) is 0 Å². The Labute approximate surface area is 89.4 Å². The average Bonchev–Trinajstić information content (AvgIpc) is 2.19. The molecule has 2 rings (SSSR count). The van der Waals surface area contributed by atoms with E-state index in [1.54, 1.807) is 0 Å². The Hall–Kier alpha value is -0.570. The molecule has 0 spiro atoms. The van der Waals surface area contributed by atoms with Gasteiger partial charge in [0.05, 0.1) is 12.7 Å². The van der Waals surface area contributed by atoms with E-state index in [0.29, 0.717) is 0 Å². The highest BCUT2D eigenvalue weighted by atomic mass is 35.5. The molecule has 1 aromatic carbocycles. The van der Waals surface area contributed by atoms with Gasteiger partial charge in [0.25, 0.3) is 0 Å². The molecule has 0 N–H and O–H groups in total.